The van der Waals surface area contributed by atoms with Gasteiger partial charge < -0.3 is 4.74 Å². The number of ether oxygens (including phenoxy) is 1. The molecule has 2 heteroatoms. The van der Waals surface area contributed by atoms with Crippen molar-refractivity contribution in [1.29, 1.82) is 0 Å². The Morgan fingerprint density at radius 1 is 1.38 bits per heavy atom. The summed E-state index contributed by atoms with van der Waals surface area (Å²) >= 11 is 3.65. The average Bonchev–Trinajstić information content (AvgIpc) is 2.73. The van der Waals surface area contributed by atoms with Crippen LogP contribution in [0, 0.1) is 19.3 Å². The van der Waals surface area contributed by atoms with Gasteiger partial charge in [-0.3, -0.25) is 0 Å². The Morgan fingerprint density at radius 2 is 2.19 bits per heavy atom. The standard InChI is InChI=1S/C14H19BrO/c1-11-3-4-12(2)13(7-11)8-14(9-15)5-6-16-10-14/h3-4,7H,5-6,8-10H2,1-2H3. The van der Waals surface area contributed by atoms with Gasteiger partial charge in [0.2, 0.25) is 0 Å². The number of rotatable bonds is 3. The van der Waals surface area contributed by atoms with E-state index in [0.29, 0.717) is 5.41 Å². The van der Waals surface area contributed by atoms with Crippen molar-refractivity contribution < 1.29 is 4.74 Å². The zero-order valence-corrected chi connectivity index (χ0v) is 11.6. The van der Waals surface area contributed by atoms with Gasteiger partial charge in [-0.15, -0.1) is 0 Å². The molecule has 1 heterocycles. The summed E-state index contributed by atoms with van der Waals surface area (Å²) in [6.45, 7) is 6.17. The van der Waals surface area contributed by atoms with Crippen molar-refractivity contribution in [2.75, 3.05) is 18.5 Å². The lowest BCUT2D eigenvalue weighted by molar-refractivity contribution is 0.162. The van der Waals surface area contributed by atoms with Crippen molar-refractivity contribution in [3.05, 3.63) is 34.9 Å². The molecule has 1 nitrogen and oxygen atoms in total. The molecule has 2 rings (SSSR count). The molecule has 16 heavy (non-hydrogen) atoms. The highest BCUT2D eigenvalue weighted by Gasteiger charge is 2.34. The largest absolute Gasteiger partial charge is 0.381 e. The fourth-order valence-electron chi connectivity index (χ4n) is 2.34. The van der Waals surface area contributed by atoms with E-state index in [0.717, 1.165) is 25.0 Å². The van der Waals surface area contributed by atoms with Crippen molar-refractivity contribution in [3.8, 4) is 0 Å². The highest BCUT2D eigenvalue weighted by molar-refractivity contribution is 9.09. The van der Waals surface area contributed by atoms with E-state index in [4.69, 9.17) is 4.74 Å². The van der Waals surface area contributed by atoms with Crippen LogP contribution in [0.5, 0.6) is 0 Å². The third kappa shape index (κ3) is 2.49. The van der Waals surface area contributed by atoms with Gasteiger partial charge in [-0.1, -0.05) is 39.7 Å². The minimum Gasteiger partial charge on any atom is -0.381 e. The molecule has 1 atom stereocenters. The molecule has 1 unspecified atom stereocenters. The number of alkyl halides is 1. The Bertz CT molecular complexity index is 367. The molecule has 1 fully saturated rings. The SMILES string of the molecule is Cc1ccc(C)c(CC2(CBr)CCOC2)c1. The Morgan fingerprint density at radius 3 is 2.81 bits per heavy atom. The summed E-state index contributed by atoms with van der Waals surface area (Å²) in [5.41, 5.74) is 4.55. The predicted molar refractivity (Wildman–Crippen MR) is 71.3 cm³/mol. The summed E-state index contributed by atoms with van der Waals surface area (Å²) in [5, 5.41) is 1.04. The quantitative estimate of drug-likeness (QED) is 0.769. The molecule has 0 aliphatic carbocycles. The summed E-state index contributed by atoms with van der Waals surface area (Å²) < 4.78 is 5.56. The second-order valence-electron chi connectivity index (χ2n) is 5.04. The van der Waals surface area contributed by atoms with Crippen molar-refractivity contribution >= 4 is 15.9 Å². The number of halogens is 1. The van der Waals surface area contributed by atoms with E-state index in [1.807, 2.05) is 0 Å². The Balaban J connectivity index is 2.21. The molecular weight excluding hydrogens is 264 g/mol. The summed E-state index contributed by atoms with van der Waals surface area (Å²) in [4.78, 5) is 0. The van der Waals surface area contributed by atoms with Crippen molar-refractivity contribution in [1.82, 2.24) is 0 Å². The molecule has 1 aliphatic heterocycles. The fraction of sp³-hybridized carbons (Fsp3) is 0.571. The molecule has 1 aliphatic rings. The van der Waals surface area contributed by atoms with Crippen LogP contribution in [-0.2, 0) is 11.2 Å². The van der Waals surface area contributed by atoms with Gasteiger partial charge in [0.15, 0.2) is 0 Å². The maximum atomic E-state index is 5.56. The minimum absolute atomic E-state index is 0.318. The normalized spacial score (nSPS) is 24.9. The highest BCUT2D eigenvalue weighted by Crippen LogP contribution is 2.35. The molecule has 0 bridgehead atoms. The third-order valence-electron chi connectivity index (χ3n) is 3.54. The minimum atomic E-state index is 0.318. The molecule has 1 aromatic rings. The van der Waals surface area contributed by atoms with Crippen molar-refractivity contribution in [2.45, 2.75) is 26.7 Å². The predicted octanol–water partition coefficient (Wildman–Crippen LogP) is 3.65. The second-order valence-corrected chi connectivity index (χ2v) is 5.60. The number of benzene rings is 1. The Hall–Kier alpha value is -0.340. The van der Waals surface area contributed by atoms with E-state index in [2.05, 4.69) is 48.0 Å². The topological polar surface area (TPSA) is 9.23 Å². The van der Waals surface area contributed by atoms with E-state index < -0.39 is 0 Å². The lowest BCUT2D eigenvalue weighted by atomic mass is 9.81. The van der Waals surface area contributed by atoms with Crippen LogP contribution in [0.1, 0.15) is 23.1 Å². The van der Waals surface area contributed by atoms with E-state index in [-0.39, 0.29) is 0 Å². The zero-order valence-electron chi connectivity index (χ0n) is 10.1. The fourth-order valence-corrected chi connectivity index (χ4v) is 2.98. The van der Waals surface area contributed by atoms with Crippen LogP contribution < -0.4 is 0 Å². The molecule has 1 saturated heterocycles. The molecule has 0 N–H and O–H groups in total. The summed E-state index contributed by atoms with van der Waals surface area (Å²) in [7, 11) is 0. The molecule has 1 aromatic carbocycles. The van der Waals surface area contributed by atoms with Crippen molar-refractivity contribution in [2.24, 2.45) is 5.41 Å². The van der Waals surface area contributed by atoms with Gasteiger partial charge in [-0.05, 0) is 37.8 Å². The van der Waals surface area contributed by atoms with Gasteiger partial charge in [-0.2, -0.15) is 0 Å². The highest BCUT2D eigenvalue weighted by atomic mass is 79.9. The van der Waals surface area contributed by atoms with Crippen molar-refractivity contribution in [3.63, 3.8) is 0 Å². The third-order valence-corrected chi connectivity index (χ3v) is 4.73. The molecule has 88 valence electrons. The van der Waals surface area contributed by atoms with Crippen LogP contribution in [0.4, 0.5) is 0 Å². The first kappa shape index (κ1) is 12.1. The molecule has 0 spiro atoms. The van der Waals surface area contributed by atoms with Crippen LogP contribution in [0.3, 0.4) is 0 Å². The van der Waals surface area contributed by atoms with E-state index in [1.165, 1.54) is 23.1 Å². The van der Waals surface area contributed by atoms with Gasteiger partial charge in [0.1, 0.15) is 0 Å². The van der Waals surface area contributed by atoms with Gasteiger partial charge >= 0.3 is 0 Å². The first-order valence-electron chi connectivity index (χ1n) is 5.85. The molecule has 0 amide bonds. The summed E-state index contributed by atoms with van der Waals surface area (Å²) in [5.74, 6) is 0. The number of aryl methyl sites for hydroxylation is 2. The van der Waals surface area contributed by atoms with Gasteiger partial charge in [-0.25, -0.2) is 0 Å². The van der Waals surface area contributed by atoms with Crippen LogP contribution in [-0.4, -0.2) is 18.5 Å². The molecule has 0 aromatic heterocycles. The second kappa shape index (κ2) is 4.89. The van der Waals surface area contributed by atoms with Crippen LogP contribution in [0.15, 0.2) is 18.2 Å². The smallest absolute Gasteiger partial charge is 0.0534 e. The maximum Gasteiger partial charge on any atom is 0.0534 e. The zero-order chi connectivity index (χ0) is 11.6. The Labute approximate surface area is 106 Å². The molecule has 0 saturated carbocycles. The van der Waals surface area contributed by atoms with Crippen LogP contribution >= 0.6 is 15.9 Å². The summed E-state index contributed by atoms with van der Waals surface area (Å²) in [6, 6.07) is 6.73. The monoisotopic (exact) mass is 282 g/mol. The Kier molecular flexibility index (Phi) is 3.70. The van der Waals surface area contributed by atoms with Gasteiger partial charge in [0.05, 0.1) is 6.61 Å². The maximum absolute atomic E-state index is 5.56. The van der Waals surface area contributed by atoms with Crippen LogP contribution in [0.25, 0.3) is 0 Å². The van der Waals surface area contributed by atoms with E-state index in [9.17, 15) is 0 Å². The van der Waals surface area contributed by atoms with E-state index in [1.54, 1.807) is 0 Å². The first-order chi connectivity index (χ1) is 7.65. The van der Waals surface area contributed by atoms with Gasteiger partial charge in [0, 0.05) is 17.4 Å². The molecule has 0 radical (unpaired) electrons. The lowest BCUT2D eigenvalue weighted by Gasteiger charge is -2.25. The number of hydrogen-bond donors (Lipinski definition) is 0. The van der Waals surface area contributed by atoms with Gasteiger partial charge in [0.25, 0.3) is 0 Å². The molecular formula is C14H19BrO. The number of hydrogen-bond acceptors (Lipinski definition) is 1. The first-order valence-corrected chi connectivity index (χ1v) is 6.97. The van der Waals surface area contributed by atoms with E-state index >= 15 is 0 Å². The van der Waals surface area contributed by atoms with Crippen LogP contribution in [0.2, 0.25) is 0 Å². The summed E-state index contributed by atoms with van der Waals surface area (Å²) in [6.07, 6.45) is 2.30. The lowest BCUT2D eigenvalue weighted by Crippen LogP contribution is -2.26. The average molecular weight is 283 g/mol.